The van der Waals surface area contributed by atoms with Crippen LogP contribution in [0.5, 0.6) is 0 Å². The summed E-state index contributed by atoms with van der Waals surface area (Å²) in [4.78, 5) is 14.0. The van der Waals surface area contributed by atoms with Crippen molar-refractivity contribution in [3.8, 4) is 0 Å². The average molecular weight is 259 g/mol. The highest BCUT2D eigenvalue weighted by Crippen LogP contribution is 2.28. The third-order valence-electron chi connectivity index (χ3n) is 2.43. The molecule has 1 atom stereocenters. The van der Waals surface area contributed by atoms with Crippen molar-refractivity contribution in [2.75, 3.05) is 17.6 Å². The lowest BCUT2D eigenvalue weighted by Crippen LogP contribution is -2.19. The molecule has 0 aliphatic carbocycles. The summed E-state index contributed by atoms with van der Waals surface area (Å²) in [5, 5.41) is 15.0. The molecule has 1 aliphatic heterocycles. The minimum atomic E-state index is -0.405. The summed E-state index contributed by atoms with van der Waals surface area (Å²) in [6.07, 6.45) is 5.13. The molecule has 0 spiro atoms. The molecule has 0 aromatic carbocycles. The Morgan fingerprint density at radius 3 is 3.12 bits per heavy atom. The smallest absolute Gasteiger partial charge is 0.345 e. The first-order chi connectivity index (χ1) is 7.75. The van der Waals surface area contributed by atoms with Gasteiger partial charge in [-0.25, -0.2) is 4.98 Å². The van der Waals surface area contributed by atoms with Crippen molar-refractivity contribution in [1.29, 1.82) is 0 Å². The summed E-state index contributed by atoms with van der Waals surface area (Å²) < 4.78 is 0. The average Bonchev–Trinajstić information content (AvgIpc) is 2.76. The van der Waals surface area contributed by atoms with Gasteiger partial charge in [-0.3, -0.25) is 10.1 Å². The molecule has 0 bridgehead atoms. The molecule has 1 aliphatic rings. The van der Waals surface area contributed by atoms with Crippen LogP contribution in [0.2, 0.25) is 0 Å². The molecule has 16 heavy (non-hydrogen) atoms. The third kappa shape index (κ3) is 3.08. The predicted octanol–water partition coefficient (Wildman–Crippen LogP) is 2.75. The minimum absolute atomic E-state index is 0.0961. The van der Waals surface area contributed by atoms with Crippen LogP contribution in [0.25, 0.3) is 0 Å². The molecule has 0 radical (unpaired) electrons. The van der Waals surface area contributed by atoms with Gasteiger partial charge in [0.05, 0.1) is 4.92 Å². The summed E-state index contributed by atoms with van der Waals surface area (Å²) in [5.74, 6) is 1.23. The maximum absolute atomic E-state index is 10.5. The summed E-state index contributed by atoms with van der Waals surface area (Å²) in [6.45, 7) is 0.856. The van der Waals surface area contributed by atoms with E-state index in [1.54, 1.807) is 0 Å². The van der Waals surface area contributed by atoms with Crippen LogP contribution in [0.1, 0.15) is 19.3 Å². The number of nitrogens with zero attached hydrogens (tertiary/aromatic N) is 2. The molecular formula is C9H13N3O2S2. The molecule has 7 heteroatoms. The number of aromatic nitrogens is 1. The number of hydrogen-bond acceptors (Lipinski definition) is 6. The summed E-state index contributed by atoms with van der Waals surface area (Å²) >= 11 is 3.08. The normalized spacial score (nSPS) is 20.6. The highest BCUT2D eigenvalue weighted by Gasteiger charge is 2.15. The van der Waals surface area contributed by atoms with Gasteiger partial charge in [-0.1, -0.05) is 6.42 Å². The number of anilines is 1. The Kier molecular flexibility index (Phi) is 4.00. The van der Waals surface area contributed by atoms with Crippen LogP contribution in [0.15, 0.2) is 6.20 Å². The lowest BCUT2D eigenvalue weighted by molar-refractivity contribution is -0.380. The fourth-order valence-electron chi connectivity index (χ4n) is 1.60. The highest BCUT2D eigenvalue weighted by molar-refractivity contribution is 7.99. The van der Waals surface area contributed by atoms with E-state index in [2.05, 4.69) is 10.3 Å². The SMILES string of the molecule is O=[N+]([O-])c1cnc(NCC2CCCCS2)s1. The maximum atomic E-state index is 10.5. The second-order valence-electron chi connectivity index (χ2n) is 3.63. The van der Waals surface area contributed by atoms with E-state index in [1.807, 2.05) is 11.8 Å². The lowest BCUT2D eigenvalue weighted by Gasteiger charge is -2.20. The molecular weight excluding hydrogens is 246 g/mol. The Morgan fingerprint density at radius 1 is 1.62 bits per heavy atom. The molecule has 0 amide bonds. The van der Waals surface area contributed by atoms with Gasteiger partial charge in [-0.05, 0) is 29.9 Å². The van der Waals surface area contributed by atoms with E-state index in [-0.39, 0.29) is 5.00 Å². The molecule has 1 aromatic heterocycles. The Hall–Kier alpha value is -0.820. The number of rotatable bonds is 4. The van der Waals surface area contributed by atoms with Gasteiger partial charge in [0.25, 0.3) is 0 Å². The third-order valence-corrected chi connectivity index (χ3v) is 4.73. The predicted molar refractivity (Wildman–Crippen MR) is 67.4 cm³/mol. The second-order valence-corrected chi connectivity index (χ2v) is 6.05. The number of thiazole rings is 1. The number of hydrogen-bond donors (Lipinski definition) is 1. The van der Waals surface area contributed by atoms with Crippen molar-refractivity contribution < 1.29 is 4.92 Å². The van der Waals surface area contributed by atoms with Gasteiger partial charge in [0.2, 0.25) is 0 Å². The summed E-state index contributed by atoms with van der Waals surface area (Å²) in [7, 11) is 0. The van der Waals surface area contributed by atoms with Gasteiger partial charge in [-0.2, -0.15) is 11.8 Å². The van der Waals surface area contributed by atoms with E-state index < -0.39 is 4.92 Å². The zero-order valence-electron chi connectivity index (χ0n) is 8.72. The quantitative estimate of drug-likeness (QED) is 0.665. The molecule has 1 unspecified atom stereocenters. The molecule has 0 saturated carbocycles. The van der Waals surface area contributed by atoms with E-state index in [1.165, 1.54) is 31.2 Å². The Bertz CT molecular complexity index is 363. The monoisotopic (exact) mass is 259 g/mol. The molecule has 5 nitrogen and oxygen atoms in total. The molecule has 1 saturated heterocycles. The van der Waals surface area contributed by atoms with Crippen LogP contribution in [0, 0.1) is 10.1 Å². The standard InChI is InChI=1S/C9H13N3O2S2/c13-12(14)8-6-11-9(16-8)10-5-7-3-1-2-4-15-7/h6-7H,1-5H2,(H,10,11). The fraction of sp³-hybridized carbons (Fsp3) is 0.667. The van der Waals surface area contributed by atoms with E-state index >= 15 is 0 Å². The van der Waals surface area contributed by atoms with Crippen LogP contribution in [0.3, 0.4) is 0 Å². The van der Waals surface area contributed by atoms with E-state index in [9.17, 15) is 10.1 Å². The molecule has 2 rings (SSSR count). The van der Waals surface area contributed by atoms with Crippen molar-refractivity contribution in [3.05, 3.63) is 16.3 Å². The Labute approximate surface area is 102 Å². The van der Waals surface area contributed by atoms with Gasteiger partial charge < -0.3 is 5.32 Å². The zero-order chi connectivity index (χ0) is 11.4. The highest BCUT2D eigenvalue weighted by atomic mass is 32.2. The lowest BCUT2D eigenvalue weighted by atomic mass is 10.2. The Morgan fingerprint density at radius 2 is 2.50 bits per heavy atom. The van der Waals surface area contributed by atoms with Gasteiger partial charge in [0.15, 0.2) is 5.13 Å². The number of thioether (sulfide) groups is 1. The fourth-order valence-corrected chi connectivity index (χ4v) is 3.48. The molecule has 1 N–H and O–H groups in total. The minimum Gasteiger partial charge on any atom is -0.360 e. The van der Waals surface area contributed by atoms with Gasteiger partial charge >= 0.3 is 5.00 Å². The number of nitro groups is 1. The second kappa shape index (κ2) is 5.49. The van der Waals surface area contributed by atoms with Crippen molar-refractivity contribution in [2.45, 2.75) is 24.5 Å². The zero-order valence-corrected chi connectivity index (χ0v) is 10.4. The van der Waals surface area contributed by atoms with Crippen LogP contribution < -0.4 is 5.32 Å². The molecule has 88 valence electrons. The van der Waals surface area contributed by atoms with Crippen molar-refractivity contribution in [3.63, 3.8) is 0 Å². The van der Waals surface area contributed by atoms with Crippen molar-refractivity contribution >= 4 is 33.2 Å². The first-order valence-electron chi connectivity index (χ1n) is 5.21. The van der Waals surface area contributed by atoms with E-state index in [0.717, 1.165) is 17.9 Å². The summed E-state index contributed by atoms with van der Waals surface area (Å²) in [5.41, 5.74) is 0. The largest absolute Gasteiger partial charge is 0.360 e. The van der Waals surface area contributed by atoms with Gasteiger partial charge in [0.1, 0.15) is 6.20 Å². The number of nitrogens with one attached hydrogen (secondary N) is 1. The van der Waals surface area contributed by atoms with E-state index in [4.69, 9.17) is 0 Å². The maximum Gasteiger partial charge on any atom is 0.345 e. The van der Waals surface area contributed by atoms with Gasteiger partial charge in [0, 0.05) is 11.8 Å². The van der Waals surface area contributed by atoms with Crippen molar-refractivity contribution in [1.82, 2.24) is 4.98 Å². The molecule has 2 heterocycles. The first-order valence-corrected chi connectivity index (χ1v) is 7.08. The van der Waals surface area contributed by atoms with Crippen LogP contribution in [-0.2, 0) is 0 Å². The van der Waals surface area contributed by atoms with Crippen LogP contribution in [-0.4, -0.2) is 27.5 Å². The van der Waals surface area contributed by atoms with Gasteiger partial charge in [-0.15, -0.1) is 0 Å². The molecule has 1 aromatic rings. The topological polar surface area (TPSA) is 68.1 Å². The molecule has 1 fully saturated rings. The van der Waals surface area contributed by atoms with Crippen molar-refractivity contribution in [2.24, 2.45) is 0 Å². The van der Waals surface area contributed by atoms with E-state index in [0.29, 0.717) is 10.4 Å². The van der Waals surface area contributed by atoms with Crippen LogP contribution in [0.4, 0.5) is 10.1 Å². The summed E-state index contributed by atoms with van der Waals surface area (Å²) in [6, 6.07) is 0. The van der Waals surface area contributed by atoms with Crippen LogP contribution >= 0.6 is 23.1 Å². The first kappa shape index (κ1) is 11.7. The Balaban J connectivity index is 1.81.